The average molecular weight is 406 g/mol. The molecular weight excluding hydrogens is 386 g/mol. The Kier molecular flexibility index (Phi) is 5.34. The summed E-state index contributed by atoms with van der Waals surface area (Å²) in [4.78, 5) is 33.3. The lowest BCUT2D eigenvalue weighted by molar-refractivity contribution is -0.148. The van der Waals surface area contributed by atoms with Crippen molar-refractivity contribution in [1.82, 2.24) is 14.9 Å². The summed E-state index contributed by atoms with van der Waals surface area (Å²) in [6.07, 6.45) is 1.23. The molecule has 0 fully saturated rings. The van der Waals surface area contributed by atoms with Crippen LogP contribution in [0, 0.1) is 0 Å². The molecular formula is C18H20BrN3O3. The Bertz CT molecular complexity index is 850. The van der Waals surface area contributed by atoms with Gasteiger partial charge in [0.2, 0.25) is 0 Å². The molecule has 2 aromatic rings. The maximum Gasteiger partial charge on any atom is 0.323 e. The van der Waals surface area contributed by atoms with Crippen molar-refractivity contribution in [3.05, 3.63) is 61.7 Å². The molecule has 6 nitrogen and oxygen atoms in total. The van der Waals surface area contributed by atoms with Gasteiger partial charge >= 0.3 is 5.97 Å². The Balaban J connectivity index is 1.93. The third-order valence-electron chi connectivity index (χ3n) is 4.41. The first kappa shape index (κ1) is 17.8. The number of ether oxygens (including phenoxy) is 1. The number of aryl methyl sites for hydroxylation is 1. The number of nitrogens with zero attached hydrogens (tertiary/aromatic N) is 2. The van der Waals surface area contributed by atoms with Crippen molar-refractivity contribution in [2.45, 2.75) is 38.9 Å². The number of carbonyl (C=O) groups is 1. The van der Waals surface area contributed by atoms with E-state index in [0.717, 1.165) is 15.6 Å². The Morgan fingerprint density at radius 1 is 1.40 bits per heavy atom. The Hall–Kier alpha value is -1.99. The van der Waals surface area contributed by atoms with E-state index in [1.165, 1.54) is 13.2 Å². The Morgan fingerprint density at radius 3 is 2.92 bits per heavy atom. The van der Waals surface area contributed by atoms with Crippen molar-refractivity contribution in [3.63, 3.8) is 0 Å². The number of carbonyl (C=O) groups excluding carboxylic acids is 1. The SMILES string of the molecule is CCc1nc(CN2Cc3cc(Br)ccc3CC2C(=O)OC)cc(=O)[nH]1. The van der Waals surface area contributed by atoms with Gasteiger partial charge in [-0.3, -0.25) is 14.5 Å². The molecule has 0 radical (unpaired) electrons. The lowest BCUT2D eigenvalue weighted by atomic mass is 9.94. The van der Waals surface area contributed by atoms with Crippen LogP contribution in [0.4, 0.5) is 0 Å². The van der Waals surface area contributed by atoms with Crippen LogP contribution >= 0.6 is 15.9 Å². The molecule has 0 saturated heterocycles. The summed E-state index contributed by atoms with van der Waals surface area (Å²) < 4.78 is 5.99. The predicted molar refractivity (Wildman–Crippen MR) is 97.1 cm³/mol. The third-order valence-corrected chi connectivity index (χ3v) is 4.91. The van der Waals surface area contributed by atoms with E-state index in [1.807, 2.05) is 24.0 Å². The summed E-state index contributed by atoms with van der Waals surface area (Å²) in [5.74, 6) is 0.381. The lowest BCUT2D eigenvalue weighted by Crippen LogP contribution is -2.45. The van der Waals surface area contributed by atoms with E-state index in [-0.39, 0.29) is 17.6 Å². The second-order valence-corrected chi connectivity index (χ2v) is 7.01. The van der Waals surface area contributed by atoms with Gasteiger partial charge in [-0.05, 0) is 29.7 Å². The highest BCUT2D eigenvalue weighted by atomic mass is 79.9. The minimum atomic E-state index is -0.384. The number of nitrogens with one attached hydrogen (secondary N) is 1. The molecule has 0 bridgehead atoms. The number of esters is 1. The molecule has 1 aliphatic rings. The van der Waals surface area contributed by atoms with E-state index in [4.69, 9.17) is 4.74 Å². The van der Waals surface area contributed by atoms with Gasteiger partial charge in [0, 0.05) is 30.0 Å². The second kappa shape index (κ2) is 7.49. The van der Waals surface area contributed by atoms with Gasteiger partial charge < -0.3 is 9.72 Å². The molecule has 1 unspecified atom stereocenters. The highest BCUT2D eigenvalue weighted by Gasteiger charge is 2.32. The van der Waals surface area contributed by atoms with Crippen LogP contribution in [0.15, 0.2) is 33.5 Å². The summed E-state index contributed by atoms with van der Waals surface area (Å²) >= 11 is 3.50. The fraction of sp³-hybridized carbons (Fsp3) is 0.389. The highest BCUT2D eigenvalue weighted by Crippen LogP contribution is 2.27. The molecule has 0 aliphatic carbocycles. The molecule has 0 saturated carbocycles. The number of benzene rings is 1. The first-order chi connectivity index (χ1) is 12.0. The summed E-state index contributed by atoms with van der Waals surface area (Å²) in [5, 5.41) is 0. The third kappa shape index (κ3) is 3.99. The van der Waals surface area contributed by atoms with Crippen LogP contribution in [0.1, 0.15) is 29.6 Å². The number of halogens is 1. The normalized spacial score (nSPS) is 17.2. The van der Waals surface area contributed by atoms with Crippen LogP contribution in [0.5, 0.6) is 0 Å². The maximum absolute atomic E-state index is 12.3. The minimum Gasteiger partial charge on any atom is -0.468 e. The number of H-pyrrole nitrogens is 1. The summed E-state index contributed by atoms with van der Waals surface area (Å²) in [6, 6.07) is 7.19. The fourth-order valence-corrected chi connectivity index (χ4v) is 3.57. The van der Waals surface area contributed by atoms with E-state index in [2.05, 4.69) is 32.0 Å². The molecule has 3 rings (SSSR count). The van der Waals surface area contributed by atoms with Gasteiger partial charge in [0.05, 0.1) is 12.8 Å². The van der Waals surface area contributed by atoms with E-state index < -0.39 is 0 Å². The molecule has 132 valence electrons. The number of fused-ring (bicyclic) bond motifs is 1. The van der Waals surface area contributed by atoms with Crippen molar-refractivity contribution in [2.24, 2.45) is 0 Å². The number of hydrogen-bond donors (Lipinski definition) is 1. The molecule has 0 spiro atoms. The van der Waals surface area contributed by atoms with Crippen LogP contribution in [-0.2, 0) is 35.5 Å². The van der Waals surface area contributed by atoms with Gasteiger partial charge in [-0.25, -0.2) is 4.98 Å². The monoisotopic (exact) mass is 405 g/mol. The molecule has 1 N–H and O–H groups in total. The second-order valence-electron chi connectivity index (χ2n) is 6.10. The quantitative estimate of drug-likeness (QED) is 0.788. The van der Waals surface area contributed by atoms with Crippen molar-refractivity contribution >= 4 is 21.9 Å². The van der Waals surface area contributed by atoms with Crippen molar-refractivity contribution < 1.29 is 9.53 Å². The molecule has 7 heteroatoms. The van der Waals surface area contributed by atoms with Crippen LogP contribution in [0.25, 0.3) is 0 Å². The number of rotatable bonds is 4. The smallest absolute Gasteiger partial charge is 0.323 e. The predicted octanol–water partition coefficient (Wildman–Crippen LogP) is 2.19. The van der Waals surface area contributed by atoms with E-state index in [1.54, 1.807) is 0 Å². The number of aromatic nitrogens is 2. The zero-order valence-corrected chi connectivity index (χ0v) is 15.8. The number of methoxy groups -OCH3 is 1. The Labute approximate surface area is 154 Å². The zero-order chi connectivity index (χ0) is 18.0. The molecule has 1 aromatic carbocycles. The van der Waals surface area contributed by atoms with Gasteiger partial charge in [-0.2, -0.15) is 0 Å². The molecule has 1 aliphatic heterocycles. The van der Waals surface area contributed by atoms with Gasteiger partial charge in [0.1, 0.15) is 11.9 Å². The van der Waals surface area contributed by atoms with E-state index >= 15 is 0 Å². The topological polar surface area (TPSA) is 75.3 Å². The van der Waals surface area contributed by atoms with E-state index in [0.29, 0.717) is 37.4 Å². The molecule has 25 heavy (non-hydrogen) atoms. The maximum atomic E-state index is 12.3. The van der Waals surface area contributed by atoms with Crippen molar-refractivity contribution in [1.29, 1.82) is 0 Å². The summed E-state index contributed by atoms with van der Waals surface area (Å²) in [6.45, 7) is 2.96. The molecule has 1 aromatic heterocycles. The van der Waals surface area contributed by atoms with Gasteiger partial charge in [-0.1, -0.05) is 28.9 Å². The number of hydrogen-bond acceptors (Lipinski definition) is 5. The average Bonchev–Trinajstić information content (AvgIpc) is 2.59. The first-order valence-corrected chi connectivity index (χ1v) is 8.97. The van der Waals surface area contributed by atoms with Crippen LogP contribution < -0.4 is 5.56 Å². The molecule has 1 atom stereocenters. The lowest BCUT2D eigenvalue weighted by Gasteiger charge is -2.35. The molecule has 2 heterocycles. The first-order valence-electron chi connectivity index (χ1n) is 8.18. The van der Waals surface area contributed by atoms with Crippen LogP contribution in [0.2, 0.25) is 0 Å². The van der Waals surface area contributed by atoms with Gasteiger partial charge in [0.25, 0.3) is 5.56 Å². The molecule has 0 amide bonds. The zero-order valence-electron chi connectivity index (χ0n) is 14.2. The standard InChI is InChI=1S/C18H20BrN3O3/c1-3-16-20-14(8-17(23)21-16)10-22-9-12-6-13(19)5-4-11(12)7-15(22)18(24)25-2/h4-6,8,15H,3,7,9-10H2,1-2H3,(H,20,21,23). The van der Waals surface area contributed by atoms with Crippen LogP contribution in [-0.4, -0.2) is 34.0 Å². The summed E-state index contributed by atoms with van der Waals surface area (Å²) in [7, 11) is 1.40. The van der Waals surface area contributed by atoms with Gasteiger partial charge in [0.15, 0.2) is 0 Å². The number of aromatic amines is 1. The van der Waals surface area contributed by atoms with Gasteiger partial charge in [-0.15, -0.1) is 0 Å². The minimum absolute atomic E-state index is 0.170. The largest absolute Gasteiger partial charge is 0.468 e. The van der Waals surface area contributed by atoms with E-state index in [9.17, 15) is 9.59 Å². The summed E-state index contributed by atoms with van der Waals surface area (Å²) in [5.41, 5.74) is 2.79. The van der Waals surface area contributed by atoms with Crippen molar-refractivity contribution in [2.75, 3.05) is 7.11 Å². The highest BCUT2D eigenvalue weighted by molar-refractivity contribution is 9.10. The fourth-order valence-electron chi connectivity index (χ4n) is 3.16. The van der Waals surface area contributed by atoms with Crippen LogP contribution in [0.3, 0.4) is 0 Å². The Morgan fingerprint density at radius 2 is 2.20 bits per heavy atom. The van der Waals surface area contributed by atoms with Crippen molar-refractivity contribution in [3.8, 4) is 0 Å².